The molecule has 0 bridgehead atoms. The van der Waals surface area contributed by atoms with E-state index >= 15 is 0 Å². The third-order valence-corrected chi connectivity index (χ3v) is 5.75. The van der Waals surface area contributed by atoms with Gasteiger partial charge in [0.25, 0.3) is 0 Å². The first-order valence-corrected chi connectivity index (χ1v) is 8.35. The Kier molecular flexibility index (Phi) is 4.38. The van der Waals surface area contributed by atoms with Crippen LogP contribution in [0.1, 0.15) is 17.5 Å². The molecule has 0 unspecified atom stereocenters. The number of thiophene rings is 1. The van der Waals surface area contributed by atoms with Crippen LogP contribution in [0.15, 0.2) is 34.4 Å². The highest BCUT2D eigenvalue weighted by molar-refractivity contribution is 7.88. The SMILES string of the molecule is C[C@@H](Cc1cccs1)N(C)S(=O)(=O)Cc1ccon1. The maximum absolute atomic E-state index is 12.2. The first kappa shape index (κ1) is 14.2. The molecule has 0 radical (unpaired) electrons. The summed E-state index contributed by atoms with van der Waals surface area (Å²) >= 11 is 1.64. The monoisotopic (exact) mass is 300 g/mol. The van der Waals surface area contributed by atoms with E-state index in [1.807, 2.05) is 24.4 Å². The molecule has 0 aliphatic carbocycles. The summed E-state index contributed by atoms with van der Waals surface area (Å²) in [5.41, 5.74) is 0.426. The van der Waals surface area contributed by atoms with Crippen LogP contribution >= 0.6 is 11.3 Å². The van der Waals surface area contributed by atoms with E-state index in [0.29, 0.717) is 12.1 Å². The lowest BCUT2D eigenvalue weighted by Crippen LogP contribution is -2.37. The molecule has 0 aromatic carbocycles. The number of rotatable bonds is 6. The van der Waals surface area contributed by atoms with Crippen LogP contribution in [-0.4, -0.2) is 31.0 Å². The summed E-state index contributed by atoms with van der Waals surface area (Å²) in [6.45, 7) is 1.90. The molecule has 0 N–H and O–H groups in total. The molecule has 0 saturated heterocycles. The zero-order valence-electron chi connectivity index (χ0n) is 10.8. The van der Waals surface area contributed by atoms with Crippen LogP contribution in [0.3, 0.4) is 0 Å². The lowest BCUT2D eigenvalue weighted by molar-refractivity contribution is 0.384. The van der Waals surface area contributed by atoms with Gasteiger partial charge in [-0.1, -0.05) is 11.2 Å². The molecule has 0 saturated carbocycles. The molecule has 2 heterocycles. The number of hydrogen-bond acceptors (Lipinski definition) is 5. The Balaban J connectivity index is 2.03. The fourth-order valence-corrected chi connectivity index (χ4v) is 3.90. The molecule has 0 spiro atoms. The first-order valence-electron chi connectivity index (χ1n) is 5.86. The van der Waals surface area contributed by atoms with Gasteiger partial charge in [-0.15, -0.1) is 11.3 Å². The van der Waals surface area contributed by atoms with Crippen LogP contribution in [-0.2, 0) is 22.2 Å². The fraction of sp³-hybridized carbons (Fsp3) is 0.417. The molecule has 1 atom stereocenters. The van der Waals surface area contributed by atoms with Crippen molar-refractivity contribution in [1.29, 1.82) is 0 Å². The number of aromatic nitrogens is 1. The minimum absolute atomic E-state index is 0.0875. The van der Waals surface area contributed by atoms with Gasteiger partial charge in [0.1, 0.15) is 12.0 Å². The van der Waals surface area contributed by atoms with Crippen molar-refractivity contribution in [3.05, 3.63) is 40.4 Å². The van der Waals surface area contributed by atoms with Crippen LogP contribution < -0.4 is 0 Å². The summed E-state index contributed by atoms with van der Waals surface area (Å²) in [4.78, 5) is 1.18. The van der Waals surface area contributed by atoms with Crippen LogP contribution in [0.2, 0.25) is 0 Å². The second-order valence-corrected chi connectivity index (χ2v) is 7.46. The van der Waals surface area contributed by atoms with Gasteiger partial charge < -0.3 is 4.52 Å². The molecule has 0 amide bonds. The van der Waals surface area contributed by atoms with Gasteiger partial charge in [0.2, 0.25) is 10.0 Å². The zero-order chi connectivity index (χ0) is 13.9. The quantitative estimate of drug-likeness (QED) is 0.820. The summed E-state index contributed by atoms with van der Waals surface area (Å²) in [5.74, 6) is -0.130. The molecule has 0 aliphatic rings. The van der Waals surface area contributed by atoms with Gasteiger partial charge in [0.15, 0.2) is 0 Å². The summed E-state index contributed by atoms with van der Waals surface area (Å²) in [6, 6.07) is 5.46. The van der Waals surface area contributed by atoms with Gasteiger partial charge in [-0.25, -0.2) is 12.7 Å². The smallest absolute Gasteiger partial charge is 0.219 e. The molecule has 104 valence electrons. The molecule has 2 aromatic heterocycles. The third-order valence-electron chi connectivity index (χ3n) is 2.96. The molecule has 2 aromatic rings. The average Bonchev–Trinajstić information content (AvgIpc) is 3.00. The van der Waals surface area contributed by atoms with E-state index in [0.717, 1.165) is 0 Å². The summed E-state index contributed by atoms with van der Waals surface area (Å²) in [7, 11) is -1.77. The Bertz CT molecular complexity index is 591. The minimum Gasteiger partial charge on any atom is -0.364 e. The number of hydrogen-bond donors (Lipinski definition) is 0. The van der Waals surface area contributed by atoms with Crippen LogP contribution in [0, 0.1) is 0 Å². The van der Waals surface area contributed by atoms with Crippen molar-refractivity contribution >= 4 is 21.4 Å². The number of sulfonamides is 1. The van der Waals surface area contributed by atoms with E-state index < -0.39 is 10.0 Å². The first-order chi connectivity index (χ1) is 8.99. The molecular formula is C12H16N2O3S2. The van der Waals surface area contributed by atoms with Crippen molar-refractivity contribution in [2.45, 2.75) is 25.1 Å². The van der Waals surface area contributed by atoms with Gasteiger partial charge >= 0.3 is 0 Å². The Hall–Kier alpha value is -1.18. The summed E-state index contributed by atoms with van der Waals surface area (Å²) in [6.07, 6.45) is 2.09. The number of nitrogens with zero attached hydrogens (tertiary/aromatic N) is 2. The van der Waals surface area contributed by atoms with E-state index in [4.69, 9.17) is 0 Å². The van der Waals surface area contributed by atoms with Crippen molar-refractivity contribution in [3.8, 4) is 0 Å². The Morgan fingerprint density at radius 3 is 2.84 bits per heavy atom. The zero-order valence-corrected chi connectivity index (χ0v) is 12.4. The lowest BCUT2D eigenvalue weighted by atomic mass is 10.2. The van der Waals surface area contributed by atoms with Crippen molar-refractivity contribution in [2.75, 3.05) is 7.05 Å². The molecule has 19 heavy (non-hydrogen) atoms. The Labute approximate surface area is 116 Å². The highest BCUT2D eigenvalue weighted by Gasteiger charge is 2.24. The van der Waals surface area contributed by atoms with Crippen LogP contribution in [0.4, 0.5) is 0 Å². The van der Waals surface area contributed by atoms with E-state index in [1.54, 1.807) is 24.5 Å². The Morgan fingerprint density at radius 1 is 1.47 bits per heavy atom. The topological polar surface area (TPSA) is 63.4 Å². The molecule has 0 fully saturated rings. The van der Waals surface area contributed by atoms with Gasteiger partial charge in [-0.05, 0) is 24.8 Å². The van der Waals surface area contributed by atoms with E-state index in [1.165, 1.54) is 15.4 Å². The van der Waals surface area contributed by atoms with Gasteiger partial charge in [-0.3, -0.25) is 0 Å². The van der Waals surface area contributed by atoms with Crippen LogP contribution in [0.5, 0.6) is 0 Å². The minimum atomic E-state index is -3.37. The maximum Gasteiger partial charge on any atom is 0.219 e. The van der Waals surface area contributed by atoms with E-state index in [2.05, 4.69) is 9.68 Å². The third kappa shape index (κ3) is 3.65. The summed E-state index contributed by atoms with van der Waals surface area (Å²) < 4.78 is 30.5. The molecule has 0 aliphatic heterocycles. The van der Waals surface area contributed by atoms with Crippen LogP contribution in [0.25, 0.3) is 0 Å². The predicted molar refractivity (Wildman–Crippen MR) is 74.4 cm³/mol. The lowest BCUT2D eigenvalue weighted by Gasteiger charge is -2.23. The highest BCUT2D eigenvalue weighted by Crippen LogP contribution is 2.17. The van der Waals surface area contributed by atoms with Crippen molar-refractivity contribution < 1.29 is 12.9 Å². The van der Waals surface area contributed by atoms with E-state index in [-0.39, 0.29) is 11.8 Å². The second-order valence-electron chi connectivity index (χ2n) is 4.40. The largest absolute Gasteiger partial charge is 0.364 e. The van der Waals surface area contributed by atoms with Crippen molar-refractivity contribution in [1.82, 2.24) is 9.46 Å². The average molecular weight is 300 g/mol. The maximum atomic E-state index is 12.2. The normalized spacial score (nSPS) is 13.8. The van der Waals surface area contributed by atoms with E-state index in [9.17, 15) is 8.42 Å². The Morgan fingerprint density at radius 2 is 2.26 bits per heavy atom. The van der Waals surface area contributed by atoms with Crippen molar-refractivity contribution in [2.24, 2.45) is 0 Å². The molecule has 7 heteroatoms. The number of likely N-dealkylation sites (N-methyl/N-ethyl adjacent to an activating group) is 1. The standard InChI is InChI=1S/C12H16N2O3S2/c1-10(8-12-4-3-7-18-12)14(2)19(15,16)9-11-5-6-17-13-11/h3-7,10H,8-9H2,1-2H3/t10-/m0/s1. The van der Waals surface area contributed by atoms with Gasteiger partial charge in [0.05, 0.1) is 5.69 Å². The molecule has 5 nitrogen and oxygen atoms in total. The second kappa shape index (κ2) is 5.85. The summed E-state index contributed by atoms with van der Waals surface area (Å²) in [5, 5.41) is 5.63. The van der Waals surface area contributed by atoms with Gasteiger partial charge in [-0.2, -0.15) is 0 Å². The molecular weight excluding hydrogens is 284 g/mol. The highest BCUT2D eigenvalue weighted by atomic mass is 32.2. The predicted octanol–water partition coefficient (Wildman–Crippen LogP) is 2.13. The van der Waals surface area contributed by atoms with Crippen molar-refractivity contribution in [3.63, 3.8) is 0 Å². The molecule has 2 rings (SSSR count). The fourth-order valence-electron chi connectivity index (χ4n) is 1.72. The van der Waals surface area contributed by atoms with Gasteiger partial charge in [0, 0.05) is 24.0 Å².